The number of hydrogen-bond acceptors (Lipinski definition) is 2. The Kier molecular flexibility index (Phi) is 7.46. The number of benzene rings is 2. The van der Waals surface area contributed by atoms with Gasteiger partial charge in [0.25, 0.3) is 0 Å². The number of halogens is 1. The molecule has 4 nitrogen and oxygen atoms in total. The minimum atomic E-state index is -0.997. The molecule has 0 fully saturated rings. The van der Waals surface area contributed by atoms with Crippen molar-refractivity contribution in [3.8, 4) is 0 Å². The first kappa shape index (κ1) is 18.7. The SMILES string of the molecule is CN=C(NCCS(=O)c1ccccc1)N(C)Cc1ccc(Br)cc1. The summed E-state index contributed by atoms with van der Waals surface area (Å²) in [7, 11) is 2.75. The van der Waals surface area contributed by atoms with Crippen LogP contribution in [-0.2, 0) is 17.3 Å². The first-order valence-corrected chi connectivity index (χ1v) is 9.81. The highest BCUT2D eigenvalue weighted by Crippen LogP contribution is 2.11. The molecule has 0 aliphatic carbocycles. The summed E-state index contributed by atoms with van der Waals surface area (Å²) in [6.45, 7) is 1.37. The van der Waals surface area contributed by atoms with Gasteiger partial charge in [0.1, 0.15) is 0 Å². The van der Waals surface area contributed by atoms with Gasteiger partial charge in [0.15, 0.2) is 5.96 Å². The Morgan fingerprint density at radius 2 is 1.83 bits per heavy atom. The van der Waals surface area contributed by atoms with Gasteiger partial charge in [0.05, 0.1) is 10.8 Å². The first-order chi connectivity index (χ1) is 11.6. The molecule has 0 saturated carbocycles. The van der Waals surface area contributed by atoms with Gasteiger partial charge in [-0.3, -0.25) is 9.20 Å². The van der Waals surface area contributed by atoms with Crippen molar-refractivity contribution in [2.24, 2.45) is 4.99 Å². The lowest BCUT2D eigenvalue weighted by molar-refractivity contribution is 0.479. The van der Waals surface area contributed by atoms with E-state index >= 15 is 0 Å². The van der Waals surface area contributed by atoms with Gasteiger partial charge in [0, 0.05) is 42.3 Å². The van der Waals surface area contributed by atoms with Crippen LogP contribution in [-0.4, -0.2) is 41.5 Å². The molecule has 1 unspecified atom stereocenters. The van der Waals surface area contributed by atoms with E-state index in [9.17, 15) is 4.21 Å². The highest BCUT2D eigenvalue weighted by atomic mass is 79.9. The maximum absolute atomic E-state index is 12.2. The van der Waals surface area contributed by atoms with Crippen LogP contribution in [0.2, 0.25) is 0 Å². The maximum atomic E-state index is 12.2. The van der Waals surface area contributed by atoms with Gasteiger partial charge >= 0.3 is 0 Å². The normalized spacial score (nSPS) is 12.7. The molecule has 2 aromatic rings. The van der Waals surface area contributed by atoms with Crippen molar-refractivity contribution in [3.63, 3.8) is 0 Å². The third-order valence-corrected chi connectivity index (χ3v) is 5.38. The fraction of sp³-hybridized carbons (Fsp3) is 0.278. The summed E-state index contributed by atoms with van der Waals surface area (Å²) in [6, 6.07) is 17.8. The lowest BCUT2D eigenvalue weighted by Gasteiger charge is -2.22. The zero-order valence-corrected chi connectivity index (χ0v) is 16.3. The fourth-order valence-corrected chi connectivity index (χ4v) is 3.52. The summed E-state index contributed by atoms with van der Waals surface area (Å²) < 4.78 is 13.3. The molecular weight excluding hydrogens is 386 g/mol. The Hall–Kier alpha value is -1.66. The van der Waals surface area contributed by atoms with Gasteiger partial charge in [0.2, 0.25) is 0 Å². The maximum Gasteiger partial charge on any atom is 0.193 e. The number of aliphatic imine (C=N–C) groups is 1. The van der Waals surface area contributed by atoms with Crippen molar-refractivity contribution in [2.75, 3.05) is 26.4 Å². The smallest absolute Gasteiger partial charge is 0.193 e. The van der Waals surface area contributed by atoms with E-state index in [4.69, 9.17) is 0 Å². The zero-order valence-electron chi connectivity index (χ0n) is 13.9. The molecule has 0 spiro atoms. The van der Waals surface area contributed by atoms with Crippen molar-refractivity contribution in [1.82, 2.24) is 10.2 Å². The Morgan fingerprint density at radius 1 is 1.17 bits per heavy atom. The molecule has 0 amide bonds. The van der Waals surface area contributed by atoms with Crippen LogP contribution in [0.15, 0.2) is 69.0 Å². The monoisotopic (exact) mass is 407 g/mol. The van der Waals surface area contributed by atoms with Crippen LogP contribution in [0.1, 0.15) is 5.56 Å². The van der Waals surface area contributed by atoms with Crippen LogP contribution < -0.4 is 5.32 Å². The molecule has 1 atom stereocenters. The van der Waals surface area contributed by atoms with E-state index in [1.54, 1.807) is 7.05 Å². The first-order valence-electron chi connectivity index (χ1n) is 7.70. The second-order valence-electron chi connectivity index (χ2n) is 5.32. The van der Waals surface area contributed by atoms with Crippen molar-refractivity contribution >= 4 is 32.7 Å². The summed E-state index contributed by atoms with van der Waals surface area (Å²) in [6.07, 6.45) is 0. The summed E-state index contributed by atoms with van der Waals surface area (Å²) in [4.78, 5) is 7.20. The average Bonchev–Trinajstić information content (AvgIpc) is 2.61. The largest absolute Gasteiger partial charge is 0.355 e. The molecule has 0 heterocycles. The lowest BCUT2D eigenvalue weighted by atomic mass is 10.2. The van der Waals surface area contributed by atoms with E-state index in [0.29, 0.717) is 12.3 Å². The zero-order chi connectivity index (χ0) is 17.4. The van der Waals surface area contributed by atoms with Crippen molar-refractivity contribution in [1.29, 1.82) is 0 Å². The molecule has 6 heteroatoms. The molecule has 128 valence electrons. The quantitative estimate of drug-likeness (QED) is 0.590. The van der Waals surface area contributed by atoms with Gasteiger partial charge in [-0.15, -0.1) is 0 Å². The van der Waals surface area contributed by atoms with Crippen molar-refractivity contribution in [2.45, 2.75) is 11.4 Å². The standard InChI is InChI=1S/C18H22BrN3OS/c1-20-18(22(2)14-15-8-10-16(19)11-9-15)21-12-13-24(23)17-6-4-3-5-7-17/h3-11H,12-14H2,1-2H3,(H,20,21). The van der Waals surface area contributed by atoms with Crippen LogP contribution in [0.5, 0.6) is 0 Å². The van der Waals surface area contributed by atoms with Crippen LogP contribution in [0, 0.1) is 0 Å². The van der Waals surface area contributed by atoms with E-state index in [-0.39, 0.29) is 0 Å². The van der Waals surface area contributed by atoms with Crippen molar-refractivity contribution < 1.29 is 4.21 Å². The molecule has 0 aliphatic rings. The third-order valence-electron chi connectivity index (χ3n) is 3.48. The molecule has 0 aromatic heterocycles. The minimum absolute atomic E-state index is 0.551. The molecule has 0 aliphatic heterocycles. The molecule has 1 N–H and O–H groups in total. The Bertz CT molecular complexity index is 689. The molecule has 2 aromatic carbocycles. The predicted octanol–water partition coefficient (Wildman–Crippen LogP) is 3.26. The van der Waals surface area contributed by atoms with Crippen LogP contribution in [0.25, 0.3) is 0 Å². The van der Waals surface area contributed by atoms with Crippen LogP contribution in [0.3, 0.4) is 0 Å². The molecule has 0 saturated heterocycles. The second kappa shape index (κ2) is 9.59. The lowest BCUT2D eigenvalue weighted by Crippen LogP contribution is -2.40. The number of rotatable bonds is 6. The van der Waals surface area contributed by atoms with E-state index in [1.807, 2.05) is 49.5 Å². The third kappa shape index (κ3) is 5.76. The summed E-state index contributed by atoms with van der Waals surface area (Å²) in [5.74, 6) is 1.35. The number of guanidine groups is 1. The Labute approximate surface area is 154 Å². The number of nitrogens with one attached hydrogen (secondary N) is 1. The Morgan fingerprint density at radius 3 is 2.46 bits per heavy atom. The summed E-state index contributed by atoms with van der Waals surface area (Å²) >= 11 is 3.44. The van der Waals surface area contributed by atoms with Gasteiger partial charge in [-0.05, 0) is 29.8 Å². The fourth-order valence-electron chi connectivity index (χ4n) is 2.27. The van der Waals surface area contributed by atoms with E-state index < -0.39 is 10.8 Å². The van der Waals surface area contributed by atoms with Gasteiger partial charge in [-0.1, -0.05) is 46.3 Å². The average molecular weight is 408 g/mol. The van der Waals surface area contributed by atoms with Gasteiger partial charge < -0.3 is 10.2 Å². The molecule has 0 bridgehead atoms. The highest BCUT2D eigenvalue weighted by Gasteiger charge is 2.08. The number of nitrogens with zero attached hydrogens (tertiary/aromatic N) is 2. The van der Waals surface area contributed by atoms with E-state index in [1.165, 1.54) is 5.56 Å². The van der Waals surface area contributed by atoms with Gasteiger partial charge in [-0.25, -0.2) is 0 Å². The second-order valence-corrected chi connectivity index (χ2v) is 7.81. The van der Waals surface area contributed by atoms with E-state index in [0.717, 1.165) is 21.9 Å². The molecular formula is C18H22BrN3OS. The topological polar surface area (TPSA) is 44.7 Å². The molecule has 2 rings (SSSR count). The Balaban J connectivity index is 1.83. The highest BCUT2D eigenvalue weighted by molar-refractivity contribution is 9.10. The summed E-state index contributed by atoms with van der Waals surface area (Å²) in [5.41, 5.74) is 1.21. The van der Waals surface area contributed by atoms with E-state index in [2.05, 4.69) is 43.3 Å². The minimum Gasteiger partial charge on any atom is -0.355 e. The van der Waals surface area contributed by atoms with Crippen LogP contribution >= 0.6 is 15.9 Å². The van der Waals surface area contributed by atoms with Crippen LogP contribution in [0.4, 0.5) is 0 Å². The predicted molar refractivity (Wildman–Crippen MR) is 105 cm³/mol. The van der Waals surface area contributed by atoms with Crippen molar-refractivity contribution in [3.05, 3.63) is 64.6 Å². The summed E-state index contributed by atoms with van der Waals surface area (Å²) in [5, 5.41) is 3.28. The number of hydrogen-bond donors (Lipinski definition) is 1. The molecule has 0 radical (unpaired) electrons. The van der Waals surface area contributed by atoms with Gasteiger partial charge in [-0.2, -0.15) is 0 Å². The molecule has 24 heavy (non-hydrogen) atoms.